The minimum Gasteiger partial charge on any atom is -0.478 e. The van der Waals surface area contributed by atoms with Crippen molar-refractivity contribution in [1.82, 2.24) is 0 Å². The van der Waals surface area contributed by atoms with Crippen molar-refractivity contribution in [3.05, 3.63) is 65.2 Å². The minimum absolute atomic E-state index is 0.0724. The number of ether oxygens (including phenoxy) is 1. The summed E-state index contributed by atoms with van der Waals surface area (Å²) >= 11 is 1.17. The Morgan fingerprint density at radius 2 is 1.62 bits per heavy atom. The number of aliphatic hydroxyl groups is 3. The van der Waals surface area contributed by atoms with Gasteiger partial charge in [0.15, 0.2) is 5.78 Å². The Morgan fingerprint density at radius 1 is 1.00 bits per heavy atom. The molecule has 1 aliphatic heterocycles. The van der Waals surface area contributed by atoms with Gasteiger partial charge in [-0.3, -0.25) is 4.79 Å². The first kappa shape index (κ1) is 21.5. The summed E-state index contributed by atoms with van der Waals surface area (Å²) in [5, 5.41) is 39.9. The molecule has 1 heterocycles. The molecule has 0 amide bonds. The van der Waals surface area contributed by atoms with E-state index in [1.54, 1.807) is 0 Å². The van der Waals surface area contributed by atoms with Crippen LogP contribution in [0.3, 0.4) is 0 Å². The number of ketones is 1. The van der Waals surface area contributed by atoms with Gasteiger partial charge in [-0.15, -0.1) is 0 Å². The van der Waals surface area contributed by atoms with Gasteiger partial charge in [0.2, 0.25) is 0 Å². The summed E-state index contributed by atoms with van der Waals surface area (Å²) in [5.41, 5.74) is -0.146. The molecule has 0 unspecified atom stereocenters. The number of carbonyl (C=O) groups is 2. The number of aliphatic hydroxyl groups excluding tert-OH is 3. The second-order valence-corrected chi connectivity index (χ2v) is 8.05. The molecule has 0 saturated carbocycles. The van der Waals surface area contributed by atoms with Gasteiger partial charge in [-0.05, 0) is 25.1 Å². The summed E-state index contributed by atoms with van der Waals surface area (Å²) in [4.78, 5) is 25.5. The maximum absolute atomic E-state index is 13.2. The van der Waals surface area contributed by atoms with Crippen LogP contribution in [-0.4, -0.2) is 62.5 Å². The molecule has 1 aliphatic rings. The van der Waals surface area contributed by atoms with Crippen molar-refractivity contribution in [3.8, 4) is 0 Å². The van der Waals surface area contributed by atoms with Crippen molar-refractivity contribution >= 4 is 23.5 Å². The lowest BCUT2D eigenvalue weighted by molar-refractivity contribution is -0.175. The van der Waals surface area contributed by atoms with Gasteiger partial charge in [0.1, 0.15) is 17.6 Å². The van der Waals surface area contributed by atoms with Crippen molar-refractivity contribution in [1.29, 1.82) is 0 Å². The highest BCUT2D eigenvalue weighted by molar-refractivity contribution is 7.99. The zero-order chi connectivity index (χ0) is 21.1. The molecule has 29 heavy (non-hydrogen) atoms. The molecule has 0 aliphatic carbocycles. The van der Waals surface area contributed by atoms with Crippen molar-refractivity contribution in [3.63, 3.8) is 0 Å². The summed E-state index contributed by atoms with van der Waals surface area (Å²) < 4.78 is 5.74. The highest BCUT2D eigenvalue weighted by Crippen LogP contribution is 2.39. The number of Topliss-reactive ketones (excluding diaryl/α,β-unsaturated/α-hetero) is 1. The molecule has 1 saturated heterocycles. The fourth-order valence-corrected chi connectivity index (χ4v) is 4.47. The molecule has 3 rings (SSSR count). The Bertz CT molecular complexity index is 883. The quantitative estimate of drug-likeness (QED) is 0.523. The van der Waals surface area contributed by atoms with E-state index in [0.29, 0.717) is 0 Å². The Labute approximate surface area is 172 Å². The molecule has 8 heteroatoms. The van der Waals surface area contributed by atoms with Gasteiger partial charge in [-0.1, -0.05) is 47.7 Å². The topological polar surface area (TPSA) is 124 Å². The van der Waals surface area contributed by atoms with Gasteiger partial charge < -0.3 is 25.2 Å². The van der Waals surface area contributed by atoms with E-state index in [2.05, 4.69) is 0 Å². The fraction of sp³-hybridized carbons (Fsp3) is 0.333. The predicted octanol–water partition coefficient (Wildman–Crippen LogP) is 1.72. The number of aromatic carboxylic acids is 1. The number of hydrogen-bond donors (Lipinski definition) is 4. The molecule has 1 fully saturated rings. The van der Waals surface area contributed by atoms with Gasteiger partial charge >= 0.3 is 5.97 Å². The molecule has 4 N–H and O–H groups in total. The summed E-state index contributed by atoms with van der Waals surface area (Å²) in [6.07, 6.45) is -4.08. The summed E-state index contributed by atoms with van der Waals surface area (Å²) in [7, 11) is 0. The van der Waals surface area contributed by atoms with E-state index >= 15 is 0 Å². The zero-order valence-corrected chi connectivity index (χ0v) is 16.5. The van der Waals surface area contributed by atoms with Crippen molar-refractivity contribution in [2.24, 2.45) is 5.92 Å². The molecular weight excluding hydrogens is 396 g/mol. The van der Waals surface area contributed by atoms with Crippen LogP contribution in [-0.2, 0) is 4.74 Å². The largest absolute Gasteiger partial charge is 0.478 e. The third-order valence-electron chi connectivity index (χ3n) is 4.88. The Morgan fingerprint density at radius 3 is 2.21 bits per heavy atom. The number of carbonyl (C=O) groups excluding carboxylic acids is 1. The molecule has 2 aromatic carbocycles. The number of aryl methyl sites for hydroxylation is 1. The number of carboxylic acid groups (broad SMARTS) is 1. The number of rotatable bonds is 6. The number of benzene rings is 2. The van der Waals surface area contributed by atoms with E-state index < -0.39 is 48.0 Å². The van der Waals surface area contributed by atoms with E-state index in [-0.39, 0.29) is 11.1 Å². The fourth-order valence-electron chi connectivity index (χ4n) is 3.28. The first-order valence-corrected chi connectivity index (χ1v) is 9.93. The minimum atomic E-state index is -1.53. The van der Waals surface area contributed by atoms with Gasteiger partial charge in [0.25, 0.3) is 0 Å². The number of thioether (sulfide) groups is 1. The molecule has 7 nitrogen and oxygen atoms in total. The molecule has 0 aromatic heterocycles. The highest BCUT2D eigenvalue weighted by Gasteiger charge is 2.48. The monoisotopic (exact) mass is 418 g/mol. The van der Waals surface area contributed by atoms with Gasteiger partial charge in [0.05, 0.1) is 24.2 Å². The standard InChI is InChI=1S/C21H22O7S/c1-11-6-8-12(9-7-11)29-21-16(19(25)18(24)15(10-22)28-21)17(23)13-4-2-3-5-14(13)20(26)27/h2-9,15-16,18-19,21-22,24-25H,10H2,1H3,(H,26,27)/t15-,16-,18-,19-,21+/m1/s1. The van der Waals surface area contributed by atoms with Gasteiger partial charge in [-0.25, -0.2) is 4.79 Å². The SMILES string of the molecule is Cc1ccc(S[C@@H]2O[C@H](CO)[C@@H](O)[C@H](O)[C@H]2C(=O)c2ccccc2C(=O)O)cc1. The van der Waals surface area contributed by atoms with E-state index in [9.17, 15) is 30.0 Å². The second-order valence-electron chi connectivity index (χ2n) is 6.88. The smallest absolute Gasteiger partial charge is 0.336 e. The van der Waals surface area contributed by atoms with Crippen LogP contribution in [0.5, 0.6) is 0 Å². The van der Waals surface area contributed by atoms with Crippen LogP contribution in [0.25, 0.3) is 0 Å². The second kappa shape index (κ2) is 9.06. The van der Waals surface area contributed by atoms with Crippen molar-refractivity contribution in [2.75, 3.05) is 6.61 Å². The summed E-state index contributed by atoms with van der Waals surface area (Å²) in [6.45, 7) is 1.40. The van der Waals surface area contributed by atoms with Crippen LogP contribution in [0.4, 0.5) is 0 Å². The predicted molar refractivity (Wildman–Crippen MR) is 106 cm³/mol. The molecule has 0 bridgehead atoms. The number of carboxylic acids is 1. The Balaban J connectivity index is 1.98. The van der Waals surface area contributed by atoms with Gasteiger partial charge in [-0.2, -0.15) is 0 Å². The van der Waals surface area contributed by atoms with Crippen LogP contribution >= 0.6 is 11.8 Å². The first-order chi connectivity index (χ1) is 13.8. The Hall–Kier alpha value is -2.23. The molecule has 2 aromatic rings. The normalized spacial score (nSPS) is 26.8. The molecule has 5 atom stereocenters. The lowest BCUT2D eigenvalue weighted by Gasteiger charge is -2.41. The third-order valence-corrected chi connectivity index (χ3v) is 6.06. The average molecular weight is 418 g/mol. The maximum atomic E-state index is 13.2. The van der Waals surface area contributed by atoms with Gasteiger partial charge in [0, 0.05) is 10.5 Å². The average Bonchev–Trinajstić information content (AvgIpc) is 2.72. The van der Waals surface area contributed by atoms with Crippen LogP contribution in [0.15, 0.2) is 53.4 Å². The van der Waals surface area contributed by atoms with Crippen molar-refractivity contribution < 1.29 is 34.8 Å². The lowest BCUT2D eigenvalue weighted by Crippen LogP contribution is -2.57. The summed E-state index contributed by atoms with van der Waals surface area (Å²) in [5.74, 6) is -3.13. The van der Waals surface area contributed by atoms with Crippen LogP contribution in [0.2, 0.25) is 0 Å². The van der Waals surface area contributed by atoms with Crippen LogP contribution in [0.1, 0.15) is 26.3 Å². The van der Waals surface area contributed by atoms with E-state index in [0.717, 1.165) is 10.5 Å². The number of hydrogen-bond acceptors (Lipinski definition) is 7. The zero-order valence-electron chi connectivity index (χ0n) is 15.6. The first-order valence-electron chi connectivity index (χ1n) is 9.05. The molecule has 0 radical (unpaired) electrons. The van der Waals surface area contributed by atoms with E-state index in [1.165, 1.54) is 36.0 Å². The van der Waals surface area contributed by atoms with Crippen LogP contribution < -0.4 is 0 Å². The van der Waals surface area contributed by atoms with E-state index in [1.807, 2.05) is 31.2 Å². The summed E-state index contributed by atoms with van der Waals surface area (Å²) in [6, 6.07) is 13.2. The Kier molecular flexibility index (Phi) is 6.71. The maximum Gasteiger partial charge on any atom is 0.336 e. The van der Waals surface area contributed by atoms with Crippen molar-refractivity contribution in [2.45, 2.75) is 35.6 Å². The van der Waals surface area contributed by atoms with Crippen LogP contribution in [0, 0.1) is 12.8 Å². The molecular formula is C21H22O7S. The highest BCUT2D eigenvalue weighted by atomic mass is 32.2. The molecule has 154 valence electrons. The third kappa shape index (κ3) is 4.52. The molecule has 0 spiro atoms. The lowest BCUT2D eigenvalue weighted by atomic mass is 9.85. The van der Waals surface area contributed by atoms with E-state index in [4.69, 9.17) is 4.74 Å².